The number of benzene rings is 2. The molecule has 6 nitrogen and oxygen atoms in total. The van der Waals surface area contributed by atoms with Crippen molar-refractivity contribution in [1.29, 1.82) is 0 Å². The zero-order chi connectivity index (χ0) is 22.5. The summed E-state index contributed by atoms with van der Waals surface area (Å²) in [6, 6.07) is 10.2. The van der Waals surface area contributed by atoms with Gasteiger partial charge in [-0.3, -0.25) is 9.59 Å². The maximum Gasteiger partial charge on any atom is 0.268 e. The van der Waals surface area contributed by atoms with E-state index in [1.807, 2.05) is 6.92 Å². The van der Waals surface area contributed by atoms with Crippen LogP contribution >= 0.6 is 23.2 Å². The van der Waals surface area contributed by atoms with Gasteiger partial charge in [0.25, 0.3) is 5.91 Å². The smallest absolute Gasteiger partial charge is 0.268 e. The quantitative estimate of drug-likeness (QED) is 0.416. The highest BCUT2D eigenvalue weighted by atomic mass is 35.5. The number of halogens is 2. The fourth-order valence-electron chi connectivity index (χ4n) is 3.15. The Kier molecular flexibility index (Phi) is 7.46. The zero-order valence-corrected chi connectivity index (χ0v) is 18.9. The fourth-order valence-corrected chi connectivity index (χ4v) is 3.61. The van der Waals surface area contributed by atoms with Gasteiger partial charge >= 0.3 is 0 Å². The summed E-state index contributed by atoms with van der Waals surface area (Å²) in [5.74, 6) is 0.811. The second-order valence-corrected chi connectivity index (χ2v) is 8.24. The van der Waals surface area contributed by atoms with Crippen LogP contribution in [0.15, 0.2) is 48.6 Å². The van der Waals surface area contributed by atoms with Gasteiger partial charge in [-0.15, -0.1) is 0 Å². The topological polar surface area (TPSA) is 67.9 Å². The Bertz CT molecular complexity index is 1010. The molecular weight excluding hydrogens is 439 g/mol. The molecule has 0 saturated heterocycles. The van der Waals surface area contributed by atoms with Crippen molar-refractivity contribution in [1.82, 2.24) is 0 Å². The van der Waals surface area contributed by atoms with Gasteiger partial charge in [-0.25, -0.2) is 0 Å². The van der Waals surface area contributed by atoms with Crippen LogP contribution in [0.3, 0.4) is 0 Å². The number of anilines is 2. The molecule has 2 aromatic rings. The SMILES string of the molecule is C=C(C)CN1C(=O)C(C)Oc2cc(NC(=O)CCCOc3ccc(Cl)cc3Cl)ccc21. The molecular formula is C23H24Cl2N2O4. The van der Waals surface area contributed by atoms with E-state index in [1.54, 1.807) is 48.2 Å². The lowest BCUT2D eigenvalue weighted by atomic mass is 10.1. The van der Waals surface area contributed by atoms with Crippen molar-refractivity contribution < 1.29 is 19.1 Å². The predicted octanol–water partition coefficient (Wildman–Crippen LogP) is 5.48. The largest absolute Gasteiger partial charge is 0.492 e. The van der Waals surface area contributed by atoms with Gasteiger partial charge in [-0.05, 0) is 50.6 Å². The summed E-state index contributed by atoms with van der Waals surface area (Å²) < 4.78 is 11.3. The summed E-state index contributed by atoms with van der Waals surface area (Å²) in [5.41, 5.74) is 2.13. The molecule has 1 atom stereocenters. The van der Waals surface area contributed by atoms with E-state index in [0.717, 1.165) is 5.57 Å². The number of rotatable bonds is 8. The molecule has 0 aromatic heterocycles. The molecule has 3 rings (SSSR count). The number of nitrogens with zero attached hydrogens (tertiary/aromatic N) is 1. The van der Waals surface area contributed by atoms with E-state index in [0.29, 0.717) is 52.5 Å². The van der Waals surface area contributed by atoms with E-state index in [2.05, 4.69) is 11.9 Å². The first-order valence-electron chi connectivity index (χ1n) is 9.89. The number of fused-ring (bicyclic) bond motifs is 1. The van der Waals surface area contributed by atoms with Gasteiger partial charge < -0.3 is 19.7 Å². The third kappa shape index (κ3) is 5.93. The van der Waals surface area contributed by atoms with Crippen LogP contribution < -0.4 is 19.7 Å². The lowest BCUT2D eigenvalue weighted by molar-refractivity contribution is -0.125. The van der Waals surface area contributed by atoms with Gasteiger partial charge in [0.2, 0.25) is 5.91 Å². The lowest BCUT2D eigenvalue weighted by Crippen LogP contribution is -2.45. The number of nitrogens with one attached hydrogen (secondary N) is 1. The normalized spacial score (nSPS) is 15.2. The third-order valence-electron chi connectivity index (χ3n) is 4.58. The predicted molar refractivity (Wildman–Crippen MR) is 124 cm³/mol. The van der Waals surface area contributed by atoms with E-state index >= 15 is 0 Å². The molecule has 1 aliphatic rings. The van der Waals surface area contributed by atoms with E-state index in [-0.39, 0.29) is 18.2 Å². The minimum Gasteiger partial charge on any atom is -0.492 e. The van der Waals surface area contributed by atoms with Crippen molar-refractivity contribution in [3.8, 4) is 11.5 Å². The zero-order valence-electron chi connectivity index (χ0n) is 17.4. The first-order chi connectivity index (χ1) is 14.7. The van der Waals surface area contributed by atoms with Crippen molar-refractivity contribution in [2.24, 2.45) is 0 Å². The molecule has 2 amide bonds. The highest BCUT2D eigenvalue weighted by Crippen LogP contribution is 2.36. The van der Waals surface area contributed by atoms with Crippen LogP contribution in [0.2, 0.25) is 10.0 Å². The average Bonchev–Trinajstić information content (AvgIpc) is 2.69. The Hall–Kier alpha value is -2.70. The van der Waals surface area contributed by atoms with Crippen LogP contribution in [0.1, 0.15) is 26.7 Å². The number of hydrogen-bond acceptors (Lipinski definition) is 4. The molecule has 1 N–H and O–H groups in total. The highest BCUT2D eigenvalue weighted by molar-refractivity contribution is 6.35. The summed E-state index contributed by atoms with van der Waals surface area (Å²) >= 11 is 11.9. The molecule has 1 aliphatic heterocycles. The average molecular weight is 463 g/mol. The molecule has 2 aromatic carbocycles. The van der Waals surface area contributed by atoms with Crippen molar-refractivity contribution in [2.75, 3.05) is 23.4 Å². The maximum atomic E-state index is 12.4. The molecule has 31 heavy (non-hydrogen) atoms. The van der Waals surface area contributed by atoms with E-state index in [4.69, 9.17) is 32.7 Å². The molecule has 0 spiro atoms. The van der Waals surface area contributed by atoms with Gasteiger partial charge in [0.05, 0.1) is 17.3 Å². The second kappa shape index (κ2) is 10.1. The summed E-state index contributed by atoms with van der Waals surface area (Å²) in [4.78, 5) is 26.4. The van der Waals surface area contributed by atoms with E-state index in [9.17, 15) is 9.59 Å². The summed E-state index contributed by atoms with van der Waals surface area (Å²) in [5, 5.41) is 3.82. The minimum absolute atomic E-state index is 0.118. The Morgan fingerprint density at radius 1 is 1.26 bits per heavy atom. The number of carbonyl (C=O) groups excluding carboxylic acids is 2. The van der Waals surface area contributed by atoms with Crippen LogP contribution in [-0.4, -0.2) is 31.1 Å². The first-order valence-corrected chi connectivity index (χ1v) is 10.6. The summed E-state index contributed by atoms with van der Waals surface area (Å²) in [7, 11) is 0. The Morgan fingerprint density at radius 2 is 2.03 bits per heavy atom. The van der Waals surface area contributed by atoms with Crippen molar-refractivity contribution in [3.05, 3.63) is 58.6 Å². The Labute approximate surface area is 191 Å². The minimum atomic E-state index is -0.602. The third-order valence-corrected chi connectivity index (χ3v) is 5.11. The van der Waals surface area contributed by atoms with Crippen LogP contribution in [0.4, 0.5) is 11.4 Å². The molecule has 0 radical (unpaired) electrons. The molecule has 0 fully saturated rings. The van der Waals surface area contributed by atoms with Gasteiger partial charge in [-0.2, -0.15) is 0 Å². The van der Waals surface area contributed by atoms with Crippen LogP contribution in [-0.2, 0) is 9.59 Å². The lowest BCUT2D eigenvalue weighted by Gasteiger charge is -2.33. The number of amides is 2. The molecule has 0 aliphatic carbocycles. The van der Waals surface area contributed by atoms with Gasteiger partial charge in [-0.1, -0.05) is 35.4 Å². The van der Waals surface area contributed by atoms with E-state index in [1.165, 1.54) is 0 Å². The van der Waals surface area contributed by atoms with Crippen molar-refractivity contribution in [3.63, 3.8) is 0 Å². The maximum absolute atomic E-state index is 12.4. The Balaban J connectivity index is 1.55. The monoisotopic (exact) mass is 462 g/mol. The van der Waals surface area contributed by atoms with Gasteiger partial charge in [0.15, 0.2) is 6.10 Å². The van der Waals surface area contributed by atoms with Crippen LogP contribution in [0.25, 0.3) is 0 Å². The molecule has 164 valence electrons. The molecule has 8 heteroatoms. The fraction of sp³-hybridized carbons (Fsp3) is 0.304. The number of carbonyl (C=O) groups is 2. The standard InChI is InChI=1S/C23H24Cl2N2O4/c1-14(2)13-27-19-8-7-17(12-21(19)31-15(3)23(27)29)26-22(28)5-4-10-30-20-9-6-16(24)11-18(20)25/h6-9,11-12,15H,1,4-5,10,13H2,2-3H3,(H,26,28). The van der Waals surface area contributed by atoms with Crippen LogP contribution in [0.5, 0.6) is 11.5 Å². The first kappa shape index (κ1) is 23.0. The second-order valence-electron chi connectivity index (χ2n) is 7.40. The number of ether oxygens (including phenoxy) is 2. The highest BCUT2D eigenvalue weighted by Gasteiger charge is 2.31. The van der Waals surface area contributed by atoms with Gasteiger partial charge in [0.1, 0.15) is 11.5 Å². The molecule has 1 heterocycles. The summed E-state index contributed by atoms with van der Waals surface area (Å²) in [6.45, 7) is 8.22. The molecule has 1 unspecified atom stereocenters. The van der Waals surface area contributed by atoms with Crippen molar-refractivity contribution >= 4 is 46.4 Å². The number of hydrogen-bond donors (Lipinski definition) is 1. The van der Waals surface area contributed by atoms with Crippen LogP contribution in [0, 0.1) is 0 Å². The van der Waals surface area contributed by atoms with E-state index < -0.39 is 6.10 Å². The molecule has 0 bridgehead atoms. The van der Waals surface area contributed by atoms with Crippen molar-refractivity contribution in [2.45, 2.75) is 32.8 Å². The molecule has 0 saturated carbocycles. The Morgan fingerprint density at radius 3 is 2.74 bits per heavy atom. The summed E-state index contributed by atoms with van der Waals surface area (Å²) in [6.07, 6.45) is 0.193. The van der Waals surface area contributed by atoms with Gasteiger partial charge in [0, 0.05) is 29.7 Å².